The van der Waals surface area contributed by atoms with E-state index in [0.29, 0.717) is 11.1 Å². The molecule has 0 unspecified atom stereocenters. The number of rotatable bonds is 4. The molecular formula is C16H14N2O5. The highest BCUT2D eigenvalue weighted by Crippen LogP contribution is 2.11. The fourth-order valence-electron chi connectivity index (χ4n) is 1.55. The van der Waals surface area contributed by atoms with Crippen LogP contribution in [0, 0.1) is 10.1 Å². The zero-order valence-corrected chi connectivity index (χ0v) is 12.2. The zero-order valence-electron chi connectivity index (χ0n) is 12.2. The molecule has 0 heterocycles. The van der Waals surface area contributed by atoms with Gasteiger partial charge in [-0.15, -0.1) is 0 Å². The standard InChI is InChI=1S/C8H7NO3.C8H7NO2/c1-6(10)7-2-4-8(5-3-7)9(11)12;10-8(6-9-11)7-4-2-1-3-5-7/h2-5H,1H3;1-6,11H. The number of nitrogens with zero attached hydrogens (tertiary/aromatic N) is 2. The number of benzene rings is 2. The lowest BCUT2D eigenvalue weighted by atomic mass is 10.1. The van der Waals surface area contributed by atoms with E-state index in [-0.39, 0.29) is 17.3 Å². The molecule has 2 aromatic rings. The summed E-state index contributed by atoms with van der Waals surface area (Å²) in [6.45, 7) is 1.42. The van der Waals surface area contributed by atoms with E-state index in [0.717, 1.165) is 6.21 Å². The van der Waals surface area contributed by atoms with Crippen LogP contribution in [0.2, 0.25) is 0 Å². The Hall–Kier alpha value is -3.35. The SMILES string of the molecule is CC(=O)c1ccc([N+](=O)[O-])cc1.O=C(C=NO)c1ccccc1. The molecule has 0 fully saturated rings. The number of hydrogen-bond acceptors (Lipinski definition) is 6. The normalized spacial score (nSPS) is 9.78. The first-order valence-corrected chi connectivity index (χ1v) is 6.48. The average Bonchev–Trinajstić information content (AvgIpc) is 2.56. The number of non-ortho nitro benzene ring substituents is 1. The summed E-state index contributed by atoms with van der Waals surface area (Å²) in [5.41, 5.74) is 1.01. The number of ketones is 2. The Balaban J connectivity index is 0.000000231. The molecule has 0 aromatic heterocycles. The highest BCUT2D eigenvalue weighted by molar-refractivity contribution is 6.35. The highest BCUT2D eigenvalue weighted by atomic mass is 16.6. The Bertz CT molecular complexity index is 676. The highest BCUT2D eigenvalue weighted by Gasteiger charge is 2.05. The van der Waals surface area contributed by atoms with Crippen molar-refractivity contribution in [1.29, 1.82) is 0 Å². The Kier molecular flexibility index (Phi) is 6.80. The van der Waals surface area contributed by atoms with Crippen LogP contribution in [0.1, 0.15) is 27.6 Å². The third-order valence-electron chi connectivity index (χ3n) is 2.72. The molecule has 0 atom stereocenters. The topological polar surface area (TPSA) is 110 Å². The molecule has 2 rings (SSSR count). The predicted octanol–water partition coefficient (Wildman–Crippen LogP) is 3.13. The van der Waals surface area contributed by atoms with Gasteiger partial charge in [-0.05, 0) is 19.1 Å². The zero-order chi connectivity index (χ0) is 17.2. The summed E-state index contributed by atoms with van der Waals surface area (Å²) in [4.78, 5) is 31.4. The van der Waals surface area contributed by atoms with Crippen molar-refractivity contribution in [1.82, 2.24) is 0 Å². The maximum absolute atomic E-state index is 10.9. The molecule has 2 aromatic carbocycles. The molecule has 7 heteroatoms. The maximum atomic E-state index is 10.9. The summed E-state index contributed by atoms with van der Waals surface area (Å²) < 4.78 is 0. The number of carbonyl (C=O) groups excluding carboxylic acids is 2. The predicted molar refractivity (Wildman–Crippen MR) is 84.2 cm³/mol. The van der Waals surface area contributed by atoms with Crippen molar-refractivity contribution < 1.29 is 19.7 Å². The monoisotopic (exact) mass is 314 g/mol. The number of hydrogen-bond donors (Lipinski definition) is 1. The van der Waals surface area contributed by atoms with E-state index in [1.165, 1.54) is 31.2 Å². The molecule has 0 saturated carbocycles. The smallest absolute Gasteiger partial charge is 0.269 e. The molecule has 0 aliphatic carbocycles. The number of carbonyl (C=O) groups is 2. The molecule has 118 valence electrons. The second kappa shape index (κ2) is 8.83. The van der Waals surface area contributed by atoms with Gasteiger partial charge in [-0.1, -0.05) is 35.5 Å². The van der Waals surface area contributed by atoms with Gasteiger partial charge in [-0.3, -0.25) is 19.7 Å². The first-order valence-electron chi connectivity index (χ1n) is 6.48. The average molecular weight is 314 g/mol. The van der Waals surface area contributed by atoms with Gasteiger partial charge >= 0.3 is 0 Å². The van der Waals surface area contributed by atoms with Crippen LogP contribution in [0.3, 0.4) is 0 Å². The van der Waals surface area contributed by atoms with Crippen LogP contribution in [0.4, 0.5) is 5.69 Å². The van der Waals surface area contributed by atoms with Crippen molar-refractivity contribution in [2.45, 2.75) is 6.92 Å². The van der Waals surface area contributed by atoms with Crippen molar-refractivity contribution in [3.8, 4) is 0 Å². The van der Waals surface area contributed by atoms with E-state index in [1.807, 2.05) is 6.07 Å². The van der Waals surface area contributed by atoms with Gasteiger partial charge in [0.15, 0.2) is 5.78 Å². The number of oxime groups is 1. The van der Waals surface area contributed by atoms with Gasteiger partial charge in [0.1, 0.15) is 6.21 Å². The molecule has 0 bridgehead atoms. The minimum absolute atomic E-state index is 0.000000000000000222. The van der Waals surface area contributed by atoms with Crippen molar-refractivity contribution in [3.63, 3.8) is 0 Å². The molecule has 0 aliphatic rings. The maximum Gasteiger partial charge on any atom is 0.269 e. The summed E-state index contributed by atoms with van der Waals surface area (Å²) in [5.74, 6) is -0.391. The summed E-state index contributed by atoms with van der Waals surface area (Å²) in [6.07, 6.45) is 0.870. The first-order chi connectivity index (χ1) is 11.0. The van der Waals surface area contributed by atoms with Crippen LogP contribution in [0.25, 0.3) is 0 Å². The summed E-state index contributed by atoms with van der Waals surface area (Å²) >= 11 is 0. The van der Waals surface area contributed by atoms with Gasteiger partial charge in [0.05, 0.1) is 4.92 Å². The number of Topliss-reactive ketones (excluding diaryl/α,β-unsaturated/α-hetero) is 2. The minimum atomic E-state index is -0.496. The lowest BCUT2D eigenvalue weighted by molar-refractivity contribution is -0.384. The number of nitro groups is 1. The Labute approximate surface area is 132 Å². The van der Waals surface area contributed by atoms with E-state index in [4.69, 9.17) is 5.21 Å². The van der Waals surface area contributed by atoms with Crippen LogP contribution in [-0.2, 0) is 0 Å². The largest absolute Gasteiger partial charge is 0.411 e. The van der Waals surface area contributed by atoms with E-state index in [2.05, 4.69) is 5.16 Å². The lowest BCUT2D eigenvalue weighted by Crippen LogP contribution is -1.98. The van der Waals surface area contributed by atoms with E-state index < -0.39 is 4.92 Å². The Morgan fingerprint density at radius 3 is 2.04 bits per heavy atom. The van der Waals surface area contributed by atoms with E-state index in [9.17, 15) is 19.7 Å². The third-order valence-corrected chi connectivity index (χ3v) is 2.72. The second-order valence-electron chi connectivity index (χ2n) is 4.34. The van der Waals surface area contributed by atoms with Crippen molar-refractivity contribution >= 4 is 23.5 Å². The summed E-state index contributed by atoms with van der Waals surface area (Å²) in [6, 6.07) is 14.1. The fraction of sp³-hybridized carbons (Fsp3) is 0.0625. The Morgan fingerprint density at radius 2 is 1.61 bits per heavy atom. The van der Waals surface area contributed by atoms with Crippen molar-refractivity contribution in [2.75, 3.05) is 0 Å². The van der Waals surface area contributed by atoms with Crippen LogP contribution in [-0.4, -0.2) is 27.9 Å². The first kappa shape index (κ1) is 17.7. The molecule has 0 radical (unpaired) electrons. The van der Waals surface area contributed by atoms with Gasteiger partial charge in [0.25, 0.3) is 5.69 Å². The lowest BCUT2D eigenvalue weighted by Gasteiger charge is -1.93. The van der Waals surface area contributed by atoms with Crippen LogP contribution < -0.4 is 0 Å². The molecule has 0 spiro atoms. The molecule has 0 aliphatic heterocycles. The van der Waals surface area contributed by atoms with Crippen molar-refractivity contribution in [3.05, 3.63) is 75.8 Å². The molecule has 7 nitrogen and oxygen atoms in total. The van der Waals surface area contributed by atoms with E-state index in [1.54, 1.807) is 24.3 Å². The minimum Gasteiger partial charge on any atom is -0.411 e. The molecule has 23 heavy (non-hydrogen) atoms. The van der Waals surface area contributed by atoms with Crippen LogP contribution in [0.15, 0.2) is 59.8 Å². The number of nitro benzene ring substituents is 1. The van der Waals surface area contributed by atoms with Gasteiger partial charge in [-0.25, -0.2) is 0 Å². The molecule has 1 N–H and O–H groups in total. The van der Waals surface area contributed by atoms with Gasteiger partial charge in [0.2, 0.25) is 5.78 Å². The van der Waals surface area contributed by atoms with Gasteiger partial charge in [0, 0.05) is 23.3 Å². The molecular weight excluding hydrogens is 300 g/mol. The third kappa shape index (κ3) is 5.88. The Morgan fingerprint density at radius 1 is 1.04 bits per heavy atom. The summed E-state index contributed by atoms with van der Waals surface area (Å²) in [5, 5.41) is 20.9. The van der Waals surface area contributed by atoms with Gasteiger partial charge in [-0.2, -0.15) is 0 Å². The fourth-order valence-corrected chi connectivity index (χ4v) is 1.55. The summed E-state index contributed by atoms with van der Waals surface area (Å²) in [7, 11) is 0. The quantitative estimate of drug-likeness (QED) is 0.306. The van der Waals surface area contributed by atoms with Gasteiger partial charge < -0.3 is 5.21 Å². The molecule has 0 saturated heterocycles. The molecule has 0 amide bonds. The van der Waals surface area contributed by atoms with E-state index >= 15 is 0 Å². The second-order valence-corrected chi connectivity index (χ2v) is 4.34. The van der Waals surface area contributed by atoms with Crippen molar-refractivity contribution in [2.24, 2.45) is 5.16 Å². The van der Waals surface area contributed by atoms with Crippen LogP contribution >= 0.6 is 0 Å². The van der Waals surface area contributed by atoms with Crippen LogP contribution in [0.5, 0.6) is 0 Å².